The fraction of sp³-hybridized carbons (Fsp3) is 0.200. The van der Waals surface area contributed by atoms with Crippen LogP contribution in [0.4, 0.5) is 0 Å². The lowest BCUT2D eigenvalue weighted by molar-refractivity contribution is 1.74. The zero-order valence-electron chi connectivity index (χ0n) is 4.15. The maximum atomic E-state index is 3.46. The van der Waals surface area contributed by atoms with E-state index in [9.17, 15) is 0 Å². The Morgan fingerprint density at radius 2 is 2.00 bits per heavy atom. The zero-order valence-corrected chi connectivity index (χ0v) is 5.56. The maximum Gasteiger partial charge on any atom is -0.0467 e. The van der Waals surface area contributed by atoms with Gasteiger partial charge in [0.25, 0.3) is 0 Å². The molecule has 1 atom stereocenters. The summed E-state index contributed by atoms with van der Waals surface area (Å²) < 4.78 is 0. The van der Waals surface area contributed by atoms with Crippen LogP contribution in [-0.2, 0) is 0 Å². The molecule has 0 nitrogen and oxygen atoms in total. The number of hydrogen-bond acceptors (Lipinski definition) is 0. The van der Waals surface area contributed by atoms with Crippen LogP contribution in [0.2, 0.25) is 0 Å². The molecule has 0 saturated carbocycles. The predicted molar refractivity (Wildman–Crippen MR) is 36.1 cm³/mol. The summed E-state index contributed by atoms with van der Waals surface area (Å²) in [5.74, 6) is 0. The molecule has 1 heteroatoms. The first kappa shape index (κ1) is 9.32. The smallest absolute Gasteiger partial charge is 0.0467 e. The molecule has 6 heavy (non-hydrogen) atoms. The van der Waals surface area contributed by atoms with E-state index < -0.39 is 0 Å². The van der Waals surface area contributed by atoms with E-state index in [0.29, 0.717) is 0 Å². The molecule has 0 aliphatic heterocycles. The molecule has 0 heterocycles. The molecule has 0 aliphatic carbocycles. The molecule has 0 radical (unpaired) electrons. The Hall–Kier alpha value is -0.0900. The summed E-state index contributed by atoms with van der Waals surface area (Å²) in [4.78, 5) is 0. The van der Waals surface area contributed by atoms with Gasteiger partial charge in [-0.25, -0.2) is 0 Å². The number of allylic oxidation sites excluding steroid dienone is 3. The van der Waals surface area contributed by atoms with E-state index >= 15 is 0 Å². The van der Waals surface area contributed by atoms with Gasteiger partial charge in [-0.3, -0.25) is 0 Å². The van der Waals surface area contributed by atoms with Crippen LogP contribution in [0.3, 0.4) is 0 Å². The molecule has 0 aromatic heterocycles. The summed E-state index contributed by atoms with van der Waals surface area (Å²) in [5, 5.41) is 0. The van der Waals surface area contributed by atoms with E-state index in [4.69, 9.17) is 0 Å². The molecular formula is C5H11P. The summed E-state index contributed by atoms with van der Waals surface area (Å²) in [6.07, 6.45) is 5.58. The average Bonchev–Trinajstić information content (AvgIpc) is 1.41. The number of rotatable bonds is 1. The van der Waals surface area contributed by atoms with Gasteiger partial charge in [0.05, 0.1) is 0 Å². The molecular weight excluding hydrogens is 91.0 g/mol. The van der Waals surface area contributed by atoms with Gasteiger partial charge in [0.1, 0.15) is 0 Å². The van der Waals surface area contributed by atoms with Gasteiger partial charge in [0.15, 0.2) is 0 Å². The van der Waals surface area contributed by atoms with E-state index in [1.165, 1.54) is 0 Å². The Bertz CT molecular complexity index is 45.9. The van der Waals surface area contributed by atoms with Crippen LogP contribution in [0.15, 0.2) is 24.8 Å². The van der Waals surface area contributed by atoms with Crippen molar-refractivity contribution in [2.24, 2.45) is 0 Å². The summed E-state index contributed by atoms with van der Waals surface area (Å²) in [6.45, 7) is 5.42. The summed E-state index contributed by atoms with van der Waals surface area (Å²) in [5.41, 5.74) is 0. The topological polar surface area (TPSA) is 0 Å². The molecule has 0 aromatic carbocycles. The first-order chi connectivity index (χ1) is 2.41. The molecule has 0 amide bonds. The third kappa shape index (κ3) is 9.08. The van der Waals surface area contributed by atoms with Crippen molar-refractivity contribution in [2.45, 2.75) is 6.92 Å². The van der Waals surface area contributed by atoms with Gasteiger partial charge in [0.2, 0.25) is 0 Å². The molecule has 0 aromatic rings. The molecule has 0 N–H and O–H groups in total. The molecule has 0 fully saturated rings. The van der Waals surface area contributed by atoms with E-state index in [2.05, 4.69) is 6.58 Å². The van der Waals surface area contributed by atoms with Crippen molar-refractivity contribution < 1.29 is 0 Å². The van der Waals surface area contributed by atoms with E-state index in [1.807, 2.05) is 19.1 Å². The second-order valence-electron chi connectivity index (χ2n) is 0.761. The maximum absolute atomic E-state index is 3.46. The average molecular weight is 102 g/mol. The van der Waals surface area contributed by atoms with Crippen LogP contribution >= 0.6 is 9.90 Å². The minimum absolute atomic E-state index is 0. The van der Waals surface area contributed by atoms with Gasteiger partial charge < -0.3 is 0 Å². The predicted octanol–water partition coefficient (Wildman–Crippen LogP) is 1.81. The first-order valence-electron chi connectivity index (χ1n) is 1.65. The van der Waals surface area contributed by atoms with Crippen LogP contribution in [0.5, 0.6) is 0 Å². The van der Waals surface area contributed by atoms with E-state index in [1.54, 1.807) is 6.08 Å². The normalized spacial score (nSPS) is 7.50. The highest BCUT2D eigenvalue weighted by Gasteiger charge is 1.42. The molecule has 36 valence electrons. The van der Waals surface area contributed by atoms with Crippen LogP contribution < -0.4 is 0 Å². The minimum atomic E-state index is 0. The Kier molecular flexibility index (Phi) is 13.8. The van der Waals surface area contributed by atoms with Crippen molar-refractivity contribution in [1.82, 2.24) is 0 Å². The zero-order chi connectivity index (χ0) is 4.12. The molecule has 0 spiro atoms. The SMILES string of the molecule is C=CC=CC.P. The lowest BCUT2D eigenvalue weighted by Crippen LogP contribution is -1.33. The van der Waals surface area contributed by atoms with E-state index in [0.717, 1.165) is 0 Å². The van der Waals surface area contributed by atoms with Crippen LogP contribution in [0.25, 0.3) is 0 Å². The van der Waals surface area contributed by atoms with Crippen molar-refractivity contribution in [1.29, 1.82) is 0 Å². The van der Waals surface area contributed by atoms with Crippen LogP contribution in [0, 0.1) is 0 Å². The third-order valence-electron chi connectivity index (χ3n) is 0.329. The largest absolute Gasteiger partial charge is 0.153 e. The highest BCUT2D eigenvalue weighted by Crippen LogP contribution is 1.64. The quantitative estimate of drug-likeness (QED) is 0.350. The summed E-state index contributed by atoms with van der Waals surface area (Å²) in [7, 11) is 0. The van der Waals surface area contributed by atoms with Gasteiger partial charge in [-0.15, -0.1) is 0 Å². The van der Waals surface area contributed by atoms with Gasteiger partial charge in [-0.05, 0) is 6.92 Å². The Labute approximate surface area is 42.6 Å². The summed E-state index contributed by atoms with van der Waals surface area (Å²) >= 11 is 0. The number of hydrogen-bond donors (Lipinski definition) is 0. The monoisotopic (exact) mass is 102 g/mol. The van der Waals surface area contributed by atoms with Gasteiger partial charge in [-0.1, -0.05) is 24.8 Å². The van der Waals surface area contributed by atoms with Crippen molar-refractivity contribution in [3.05, 3.63) is 24.8 Å². The van der Waals surface area contributed by atoms with Crippen LogP contribution in [0.1, 0.15) is 6.92 Å². The molecule has 0 bridgehead atoms. The second kappa shape index (κ2) is 8.86. The van der Waals surface area contributed by atoms with Crippen molar-refractivity contribution >= 4 is 9.90 Å². The molecule has 0 saturated heterocycles. The van der Waals surface area contributed by atoms with Crippen molar-refractivity contribution in [3.8, 4) is 0 Å². The molecule has 0 rings (SSSR count). The van der Waals surface area contributed by atoms with Gasteiger partial charge >= 0.3 is 0 Å². The standard InChI is InChI=1S/C5H8.H3P/c1-3-5-4-2;/h3-5H,1H2,2H3;1H3. The summed E-state index contributed by atoms with van der Waals surface area (Å²) in [6, 6.07) is 0. The Morgan fingerprint density at radius 3 is 2.00 bits per heavy atom. The third-order valence-corrected chi connectivity index (χ3v) is 0.329. The van der Waals surface area contributed by atoms with Crippen molar-refractivity contribution in [3.63, 3.8) is 0 Å². The van der Waals surface area contributed by atoms with E-state index in [-0.39, 0.29) is 9.90 Å². The molecule has 0 aliphatic rings. The van der Waals surface area contributed by atoms with Crippen molar-refractivity contribution in [2.75, 3.05) is 0 Å². The minimum Gasteiger partial charge on any atom is -0.153 e. The van der Waals surface area contributed by atoms with Gasteiger partial charge in [-0.2, -0.15) is 9.90 Å². The fourth-order valence-electron chi connectivity index (χ4n) is 0.136. The van der Waals surface area contributed by atoms with Gasteiger partial charge in [0, 0.05) is 0 Å². The molecule has 1 unspecified atom stereocenters. The second-order valence-corrected chi connectivity index (χ2v) is 0.761. The lowest BCUT2D eigenvalue weighted by atomic mass is 10.5. The fourth-order valence-corrected chi connectivity index (χ4v) is 0.136. The van der Waals surface area contributed by atoms with Crippen LogP contribution in [-0.4, -0.2) is 0 Å². The Morgan fingerprint density at radius 1 is 1.50 bits per heavy atom. The first-order valence-corrected chi connectivity index (χ1v) is 1.65. The highest BCUT2D eigenvalue weighted by atomic mass is 31.0. The Balaban J connectivity index is 0. The highest BCUT2D eigenvalue weighted by molar-refractivity contribution is 6.92. The lowest BCUT2D eigenvalue weighted by Gasteiger charge is -1.56.